The molecule has 1 heterocycles. The molecule has 1 N–H and O–H groups in total. The van der Waals surface area contributed by atoms with Crippen molar-refractivity contribution in [3.63, 3.8) is 0 Å². The average Bonchev–Trinajstić information content (AvgIpc) is 2.62. The van der Waals surface area contributed by atoms with Crippen LogP contribution < -0.4 is 19.7 Å². The van der Waals surface area contributed by atoms with Crippen LogP contribution >= 0.6 is 0 Å². The van der Waals surface area contributed by atoms with Crippen LogP contribution in [0.1, 0.15) is 13.8 Å². The summed E-state index contributed by atoms with van der Waals surface area (Å²) in [5.74, 6) is 1.94. The molecule has 0 aliphatic carbocycles. The van der Waals surface area contributed by atoms with Crippen molar-refractivity contribution in [2.45, 2.75) is 13.8 Å². The highest BCUT2D eigenvalue weighted by Crippen LogP contribution is 2.25. The van der Waals surface area contributed by atoms with E-state index in [4.69, 9.17) is 9.47 Å². The lowest BCUT2D eigenvalue weighted by Gasteiger charge is -2.18. The number of methoxy groups -OCH3 is 1. The Balaban J connectivity index is 1.90. The van der Waals surface area contributed by atoms with Crippen molar-refractivity contribution in [1.29, 1.82) is 0 Å². The van der Waals surface area contributed by atoms with E-state index in [0.29, 0.717) is 17.3 Å². The number of carbonyl (C=O) groups is 1. The van der Waals surface area contributed by atoms with E-state index in [0.717, 1.165) is 18.9 Å². The fourth-order valence-electron chi connectivity index (χ4n) is 2.17. The number of amides is 1. The third kappa shape index (κ3) is 4.58. The first-order valence-corrected chi connectivity index (χ1v) is 7.82. The van der Waals surface area contributed by atoms with Gasteiger partial charge in [-0.2, -0.15) is 0 Å². The normalized spacial score (nSPS) is 10.1. The van der Waals surface area contributed by atoms with Gasteiger partial charge in [0.05, 0.1) is 7.11 Å². The van der Waals surface area contributed by atoms with Gasteiger partial charge in [0.1, 0.15) is 0 Å². The second-order valence-corrected chi connectivity index (χ2v) is 4.94. The lowest BCUT2D eigenvalue weighted by atomic mass is 10.3. The Morgan fingerprint density at radius 3 is 2.38 bits per heavy atom. The molecule has 2 aromatic rings. The van der Waals surface area contributed by atoms with Crippen LogP contribution in [0.2, 0.25) is 0 Å². The molecule has 0 aliphatic heterocycles. The maximum Gasteiger partial charge on any atom is 0.263 e. The molecule has 0 saturated heterocycles. The molecule has 7 nitrogen and oxygen atoms in total. The van der Waals surface area contributed by atoms with Gasteiger partial charge in [0.15, 0.2) is 29.7 Å². The zero-order chi connectivity index (χ0) is 17.4. The van der Waals surface area contributed by atoms with Crippen LogP contribution in [0.15, 0.2) is 36.4 Å². The number of hydrogen-bond acceptors (Lipinski definition) is 6. The van der Waals surface area contributed by atoms with E-state index in [1.807, 2.05) is 18.2 Å². The second-order valence-electron chi connectivity index (χ2n) is 4.94. The minimum Gasteiger partial charge on any atom is -0.493 e. The topological polar surface area (TPSA) is 76.6 Å². The molecule has 0 unspecified atom stereocenters. The summed E-state index contributed by atoms with van der Waals surface area (Å²) >= 11 is 0. The number of ether oxygens (including phenoxy) is 2. The minimum atomic E-state index is -0.314. The molecule has 0 bridgehead atoms. The van der Waals surface area contributed by atoms with Crippen LogP contribution in [-0.4, -0.2) is 42.9 Å². The molecule has 7 heteroatoms. The van der Waals surface area contributed by atoms with E-state index in [2.05, 4.69) is 34.3 Å². The molecular formula is C17H22N4O3. The SMILES string of the molecule is CCN(CC)c1ccc(NC(=O)COc2ccccc2OC)nn1. The number of para-hydroxylation sites is 2. The molecule has 0 spiro atoms. The van der Waals surface area contributed by atoms with Gasteiger partial charge in [-0.25, -0.2) is 0 Å². The molecular weight excluding hydrogens is 308 g/mol. The first-order chi connectivity index (χ1) is 11.7. The van der Waals surface area contributed by atoms with Gasteiger partial charge in [0.25, 0.3) is 5.91 Å². The van der Waals surface area contributed by atoms with Gasteiger partial charge in [-0.15, -0.1) is 10.2 Å². The van der Waals surface area contributed by atoms with E-state index in [1.165, 1.54) is 0 Å². The molecule has 1 aromatic carbocycles. The molecule has 0 atom stereocenters. The highest BCUT2D eigenvalue weighted by atomic mass is 16.5. The lowest BCUT2D eigenvalue weighted by molar-refractivity contribution is -0.118. The summed E-state index contributed by atoms with van der Waals surface area (Å²) in [6.45, 7) is 5.67. The van der Waals surface area contributed by atoms with Gasteiger partial charge in [0.2, 0.25) is 0 Å². The molecule has 2 rings (SSSR count). The Kier molecular flexibility index (Phi) is 6.36. The molecule has 0 aliphatic rings. The van der Waals surface area contributed by atoms with Crippen molar-refractivity contribution in [3.05, 3.63) is 36.4 Å². The zero-order valence-electron chi connectivity index (χ0n) is 14.2. The van der Waals surface area contributed by atoms with Crippen LogP contribution in [-0.2, 0) is 4.79 Å². The molecule has 24 heavy (non-hydrogen) atoms. The summed E-state index contributed by atoms with van der Waals surface area (Å²) in [7, 11) is 1.55. The number of anilines is 2. The van der Waals surface area contributed by atoms with Crippen LogP contribution in [0.3, 0.4) is 0 Å². The van der Waals surface area contributed by atoms with Crippen molar-refractivity contribution in [2.24, 2.45) is 0 Å². The molecule has 128 valence electrons. The first kappa shape index (κ1) is 17.5. The van der Waals surface area contributed by atoms with E-state index in [9.17, 15) is 4.79 Å². The average molecular weight is 330 g/mol. The quantitative estimate of drug-likeness (QED) is 0.800. The number of rotatable bonds is 8. The number of hydrogen-bond donors (Lipinski definition) is 1. The Bertz CT molecular complexity index is 657. The van der Waals surface area contributed by atoms with Crippen LogP contribution in [0, 0.1) is 0 Å². The summed E-state index contributed by atoms with van der Waals surface area (Å²) in [4.78, 5) is 14.0. The summed E-state index contributed by atoms with van der Waals surface area (Å²) in [5.41, 5.74) is 0. The van der Waals surface area contributed by atoms with Gasteiger partial charge < -0.3 is 19.7 Å². The standard InChI is InChI=1S/C17H22N4O3/c1-4-21(5-2)16-11-10-15(19-20-16)18-17(22)12-24-14-9-7-6-8-13(14)23-3/h6-11H,4-5,12H2,1-3H3,(H,18,19,22). The lowest BCUT2D eigenvalue weighted by Crippen LogP contribution is -2.24. The molecule has 0 saturated carbocycles. The fourth-order valence-corrected chi connectivity index (χ4v) is 2.17. The Hall–Kier alpha value is -2.83. The summed E-state index contributed by atoms with van der Waals surface area (Å²) in [6, 6.07) is 10.7. The summed E-state index contributed by atoms with van der Waals surface area (Å²) < 4.78 is 10.6. The van der Waals surface area contributed by atoms with Crippen molar-refractivity contribution >= 4 is 17.5 Å². The van der Waals surface area contributed by atoms with Crippen molar-refractivity contribution in [3.8, 4) is 11.5 Å². The van der Waals surface area contributed by atoms with E-state index in [-0.39, 0.29) is 12.5 Å². The Labute approximate surface area is 141 Å². The second kappa shape index (κ2) is 8.71. The van der Waals surface area contributed by atoms with Gasteiger partial charge in [-0.1, -0.05) is 12.1 Å². The minimum absolute atomic E-state index is 0.139. The van der Waals surface area contributed by atoms with Gasteiger partial charge in [-0.05, 0) is 38.1 Å². The van der Waals surface area contributed by atoms with Crippen LogP contribution in [0.5, 0.6) is 11.5 Å². The summed E-state index contributed by atoms with van der Waals surface area (Å²) in [5, 5.41) is 10.8. The van der Waals surface area contributed by atoms with Crippen LogP contribution in [0.4, 0.5) is 11.6 Å². The van der Waals surface area contributed by atoms with E-state index in [1.54, 1.807) is 25.3 Å². The third-order valence-electron chi connectivity index (χ3n) is 3.43. The Morgan fingerprint density at radius 2 is 1.79 bits per heavy atom. The van der Waals surface area contributed by atoms with E-state index < -0.39 is 0 Å². The number of nitrogens with one attached hydrogen (secondary N) is 1. The molecule has 0 radical (unpaired) electrons. The molecule has 1 aromatic heterocycles. The molecule has 1 amide bonds. The number of nitrogens with zero attached hydrogens (tertiary/aromatic N) is 3. The maximum absolute atomic E-state index is 12.0. The van der Waals surface area contributed by atoms with Crippen molar-refractivity contribution in [1.82, 2.24) is 10.2 Å². The zero-order valence-corrected chi connectivity index (χ0v) is 14.2. The highest BCUT2D eigenvalue weighted by Gasteiger charge is 2.09. The largest absolute Gasteiger partial charge is 0.493 e. The summed E-state index contributed by atoms with van der Waals surface area (Å²) in [6.07, 6.45) is 0. The van der Waals surface area contributed by atoms with Gasteiger partial charge >= 0.3 is 0 Å². The highest BCUT2D eigenvalue weighted by molar-refractivity contribution is 5.90. The number of carbonyl (C=O) groups excluding carboxylic acids is 1. The molecule has 0 fully saturated rings. The van der Waals surface area contributed by atoms with Gasteiger partial charge in [0, 0.05) is 13.1 Å². The van der Waals surface area contributed by atoms with E-state index >= 15 is 0 Å². The first-order valence-electron chi connectivity index (χ1n) is 7.82. The predicted molar refractivity (Wildman–Crippen MR) is 92.7 cm³/mol. The van der Waals surface area contributed by atoms with Crippen molar-refractivity contribution in [2.75, 3.05) is 37.0 Å². The van der Waals surface area contributed by atoms with Crippen molar-refractivity contribution < 1.29 is 14.3 Å². The third-order valence-corrected chi connectivity index (χ3v) is 3.43. The predicted octanol–water partition coefficient (Wildman–Crippen LogP) is 2.35. The Morgan fingerprint density at radius 1 is 1.08 bits per heavy atom. The van der Waals surface area contributed by atoms with Crippen LogP contribution in [0.25, 0.3) is 0 Å². The van der Waals surface area contributed by atoms with Gasteiger partial charge in [-0.3, -0.25) is 4.79 Å². The number of aromatic nitrogens is 2. The maximum atomic E-state index is 12.0. The smallest absolute Gasteiger partial charge is 0.263 e. The fraction of sp³-hybridized carbons (Fsp3) is 0.353. The monoisotopic (exact) mass is 330 g/mol. The number of benzene rings is 1.